The van der Waals surface area contributed by atoms with Crippen LogP contribution in [0.4, 0.5) is 0 Å². The van der Waals surface area contributed by atoms with E-state index in [1.807, 2.05) is 27.7 Å². The Balaban J connectivity index is 2.68. The number of hydrogen-bond acceptors (Lipinski definition) is 4. The second-order valence-electron chi connectivity index (χ2n) is 7.05. The average Bonchev–Trinajstić information content (AvgIpc) is 2.75. The van der Waals surface area contributed by atoms with Crippen molar-refractivity contribution < 1.29 is 21.7 Å². The molecule has 0 aromatic heterocycles. The molecule has 0 saturated heterocycles. The summed E-state index contributed by atoms with van der Waals surface area (Å²) in [6.45, 7) is 8.24. The molecule has 0 fully saturated rings. The highest BCUT2D eigenvalue weighted by Crippen LogP contribution is 2.41. The van der Waals surface area contributed by atoms with E-state index in [4.69, 9.17) is 21.7 Å². The molecule has 0 bridgehead atoms. The van der Waals surface area contributed by atoms with E-state index in [0.29, 0.717) is 12.8 Å². The second kappa shape index (κ2) is 8.76. The van der Waals surface area contributed by atoms with Gasteiger partial charge in [0, 0.05) is 13.9 Å². The van der Waals surface area contributed by atoms with Gasteiger partial charge < -0.3 is 18.9 Å². The summed E-state index contributed by atoms with van der Waals surface area (Å²) in [7, 11) is 6.62. The summed E-state index contributed by atoms with van der Waals surface area (Å²) in [6.07, 6.45) is 1.29. The van der Waals surface area contributed by atoms with Crippen LogP contribution in [0, 0.1) is 41.5 Å². The lowest BCUT2D eigenvalue weighted by atomic mass is 9.90. The molecule has 28 heavy (non-hydrogen) atoms. The Labute approximate surface area is 172 Å². The van der Waals surface area contributed by atoms with Crippen LogP contribution < -0.4 is 18.9 Å². The van der Waals surface area contributed by atoms with E-state index in [1.165, 1.54) is 0 Å². The molecule has 0 radical (unpaired) electrons. The fourth-order valence-electron chi connectivity index (χ4n) is 4.02. The van der Waals surface area contributed by atoms with Crippen molar-refractivity contribution in [1.29, 1.82) is 0 Å². The van der Waals surface area contributed by atoms with Gasteiger partial charge in [-0.3, -0.25) is 0 Å². The largest absolute Gasteiger partial charge is 0.496 e. The molecule has 0 aliphatic carbocycles. The van der Waals surface area contributed by atoms with Crippen molar-refractivity contribution in [3.05, 3.63) is 44.5 Å². The number of benzene rings is 2. The molecule has 4 heteroatoms. The molecule has 0 unspecified atom stereocenters. The van der Waals surface area contributed by atoms with Crippen LogP contribution in [0.3, 0.4) is 0 Å². The van der Waals surface area contributed by atoms with Gasteiger partial charge in [-0.1, -0.05) is 0 Å². The fourth-order valence-corrected chi connectivity index (χ4v) is 4.02. The van der Waals surface area contributed by atoms with Crippen LogP contribution in [-0.2, 0) is 12.8 Å². The Morgan fingerprint density at radius 2 is 0.786 bits per heavy atom. The third kappa shape index (κ3) is 3.52. The molecule has 4 nitrogen and oxygen atoms in total. The van der Waals surface area contributed by atoms with Crippen LogP contribution >= 0.6 is 0 Å². The first-order valence-corrected chi connectivity index (χ1v) is 9.36. The summed E-state index contributed by atoms with van der Waals surface area (Å²) in [4.78, 5) is 0. The fraction of sp³-hybridized carbons (Fsp3) is 0.500. The lowest BCUT2D eigenvalue weighted by Gasteiger charge is -2.23. The van der Waals surface area contributed by atoms with Gasteiger partial charge in [0.15, 0.2) is 0 Å². The van der Waals surface area contributed by atoms with Crippen molar-refractivity contribution in [3.63, 3.8) is 0 Å². The van der Waals surface area contributed by atoms with Gasteiger partial charge in [-0.25, -0.2) is 0 Å². The predicted molar refractivity (Wildman–Crippen MR) is 115 cm³/mol. The van der Waals surface area contributed by atoms with E-state index in [9.17, 15) is 0 Å². The Kier molecular flexibility index (Phi) is 5.94. The van der Waals surface area contributed by atoms with E-state index in [2.05, 4.69) is 0 Å². The molecule has 0 aliphatic rings. The predicted octanol–water partition coefficient (Wildman–Crippen LogP) is 5.36. The Morgan fingerprint density at radius 3 is 1.04 bits per heavy atom. The topological polar surface area (TPSA) is 36.9 Å². The van der Waals surface area contributed by atoms with Crippen LogP contribution in [0.25, 0.3) is 0 Å². The second-order valence-corrected chi connectivity index (χ2v) is 7.05. The van der Waals surface area contributed by atoms with Crippen molar-refractivity contribution >= 4 is 0 Å². The molecular weight excluding hydrogens is 352 g/mol. The lowest BCUT2D eigenvalue weighted by molar-refractivity contribution is 0.387. The van der Waals surface area contributed by atoms with Gasteiger partial charge in [-0.05, 0) is 87.7 Å². The van der Waals surface area contributed by atoms with E-state index < -0.39 is 0 Å². The molecule has 154 valence electrons. The quantitative estimate of drug-likeness (QED) is 0.640. The lowest BCUT2D eigenvalue weighted by Crippen LogP contribution is -2.08. The zero-order valence-electron chi connectivity index (χ0n) is 20.5. The number of ether oxygens (including phenoxy) is 4. The highest BCUT2D eigenvalue weighted by Gasteiger charge is 2.22. The van der Waals surface area contributed by atoms with Crippen molar-refractivity contribution in [1.82, 2.24) is 0 Å². The van der Waals surface area contributed by atoms with Crippen LogP contribution in [-0.4, -0.2) is 28.4 Å². The normalized spacial score (nSPS) is 11.7. The van der Waals surface area contributed by atoms with Crippen molar-refractivity contribution in [2.45, 2.75) is 54.3 Å². The molecule has 0 atom stereocenters. The van der Waals surface area contributed by atoms with Crippen LogP contribution in [0.5, 0.6) is 23.0 Å². The number of rotatable bonds is 7. The van der Waals surface area contributed by atoms with Gasteiger partial charge in [0.05, 0.1) is 28.4 Å². The summed E-state index contributed by atoms with van der Waals surface area (Å²) in [6, 6.07) is 0. The smallest absolute Gasteiger partial charge is 0.125 e. The van der Waals surface area contributed by atoms with Crippen molar-refractivity contribution in [2.24, 2.45) is 0 Å². The van der Waals surface area contributed by atoms with Gasteiger partial charge in [0.25, 0.3) is 0 Å². The summed E-state index contributed by atoms with van der Waals surface area (Å²) in [5.74, 6) is 3.11. The van der Waals surface area contributed by atoms with E-state index >= 15 is 0 Å². The van der Waals surface area contributed by atoms with E-state index in [-0.39, 0.29) is 13.8 Å². The summed E-state index contributed by atoms with van der Waals surface area (Å²) >= 11 is 0. The Hall–Kier alpha value is -2.36. The van der Waals surface area contributed by atoms with Gasteiger partial charge in [-0.15, -0.1) is 0 Å². The highest BCUT2D eigenvalue weighted by molar-refractivity contribution is 5.60. The standard InChI is InChI=1S/C24H34O4/c1-13-15(3)23(27-9)19(17(5)21(13)25-7)11-12-20-18(6)22(26-8)14(2)16(4)24(20)28-10/h11-12H2,1-10H3/i5D,6D. The first-order chi connectivity index (χ1) is 14.3. The maximum absolute atomic E-state index is 8.12. The summed E-state index contributed by atoms with van der Waals surface area (Å²) in [5, 5.41) is 0. The minimum Gasteiger partial charge on any atom is -0.496 e. The third-order valence-electron chi connectivity index (χ3n) is 5.75. The zero-order valence-corrected chi connectivity index (χ0v) is 18.5. The number of hydrogen-bond donors (Lipinski definition) is 0. The number of methoxy groups -OCH3 is 4. The maximum atomic E-state index is 8.12. The van der Waals surface area contributed by atoms with Crippen molar-refractivity contribution in [2.75, 3.05) is 28.4 Å². The van der Waals surface area contributed by atoms with Gasteiger partial charge in [0.1, 0.15) is 23.0 Å². The monoisotopic (exact) mass is 388 g/mol. The first kappa shape index (κ1) is 19.0. The Morgan fingerprint density at radius 1 is 0.500 bits per heavy atom. The van der Waals surface area contributed by atoms with Gasteiger partial charge >= 0.3 is 0 Å². The van der Waals surface area contributed by atoms with Crippen LogP contribution in [0.15, 0.2) is 0 Å². The van der Waals surface area contributed by atoms with Crippen LogP contribution in [0.1, 0.15) is 47.2 Å². The first-order valence-electron chi connectivity index (χ1n) is 10.8. The minimum absolute atomic E-state index is 0.106. The molecule has 2 rings (SSSR count). The Bertz CT molecular complexity index is 847. The van der Waals surface area contributed by atoms with E-state index in [1.54, 1.807) is 28.4 Å². The van der Waals surface area contributed by atoms with Crippen molar-refractivity contribution in [3.8, 4) is 23.0 Å². The molecule has 0 heterocycles. The third-order valence-corrected chi connectivity index (χ3v) is 5.75. The van der Waals surface area contributed by atoms with Gasteiger partial charge in [-0.2, -0.15) is 0 Å². The molecule has 0 amide bonds. The maximum Gasteiger partial charge on any atom is 0.125 e. The molecule has 2 aromatic carbocycles. The molecular formula is C24H34O4. The van der Waals surface area contributed by atoms with E-state index in [0.717, 1.165) is 67.5 Å². The molecule has 2 aromatic rings. The van der Waals surface area contributed by atoms with Crippen LogP contribution in [0.2, 0.25) is 0 Å². The zero-order chi connectivity index (χ0) is 22.6. The molecule has 0 saturated carbocycles. The van der Waals surface area contributed by atoms with Gasteiger partial charge in [0.2, 0.25) is 0 Å². The summed E-state index contributed by atoms with van der Waals surface area (Å²) in [5.41, 5.74) is 7.68. The molecule has 0 spiro atoms. The SMILES string of the molecule is [2H]Cc1c(CCc2c(C[2H])c(OC)c(C)c(C)c2OC)c(OC)c(C)c(C)c1OC. The highest BCUT2D eigenvalue weighted by atomic mass is 16.5. The minimum atomic E-state index is 0.106. The average molecular weight is 389 g/mol. The molecule has 0 aliphatic heterocycles. The summed E-state index contributed by atoms with van der Waals surface area (Å²) < 4.78 is 39.1. The molecule has 0 N–H and O–H groups in total.